The minimum absolute atomic E-state index is 0.121. The highest BCUT2D eigenvalue weighted by atomic mass is 35.5. The van der Waals surface area contributed by atoms with Crippen molar-refractivity contribution in [3.8, 4) is 0 Å². The van der Waals surface area contributed by atoms with Crippen LogP contribution in [0.3, 0.4) is 0 Å². The Balaban J connectivity index is 1.89. The number of aliphatic carboxylic acids is 1. The molecule has 21 heavy (non-hydrogen) atoms. The highest BCUT2D eigenvalue weighted by Gasteiger charge is 2.49. The number of benzene rings is 1. The second-order valence-electron chi connectivity index (χ2n) is 6.18. The predicted molar refractivity (Wildman–Crippen MR) is 78.8 cm³/mol. The van der Waals surface area contributed by atoms with E-state index in [9.17, 15) is 14.3 Å². The molecule has 0 bridgehead atoms. The molecule has 1 N–H and O–H groups in total. The van der Waals surface area contributed by atoms with E-state index in [2.05, 4.69) is 0 Å². The van der Waals surface area contributed by atoms with Crippen LogP contribution in [0.1, 0.15) is 37.8 Å². The van der Waals surface area contributed by atoms with E-state index in [4.69, 9.17) is 11.6 Å². The van der Waals surface area contributed by atoms with Gasteiger partial charge in [-0.15, -0.1) is 0 Å². The minimum atomic E-state index is -0.755. The van der Waals surface area contributed by atoms with E-state index < -0.39 is 12.0 Å². The van der Waals surface area contributed by atoms with Gasteiger partial charge in [0.25, 0.3) is 0 Å². The van der Waals surface area contributed by atoms with Gasteiger partial charge in [-0.1, -0.05) is 24.1 Å². The molecule has 5 heteroatoms. The van der Waals surface area contributed by atoms with Crippen LogP contribution in [-0.2, 0) is 4.79 Å². The highest BCUT2D eigenvalue weighted by molar-refractivity contribution is 6.31. The molecule has 1 saturated carbocycles. The van der Waals surface area contributed by atoms with Crippen molar-refractivity contribution < 1.29 is 14.3 Å². The fourth-order valence-electron chi connectivity index (χ4n) is 4.08. The molecule has 2 aliphatic rings. The van der Waals surface area contributed by atoms with E-state index in [0.29, 0.717) is 10.9 Å². The van der Waals surface area contributed by atoms with Crippen LogP contribution < -0.4 is 0 Å². The Labute approximate surface area is 128 Å². The summed E-state index contributed by atoms with van der Waals surface area (Å²) >= 11 is 6.14. The third-order valence-corrected chi connectivity index (χ3v) is 5.42. The molecule has 1 aliphatic carbocycles. The summed E-state index contributed by atoms with van der Waals surface area (Å²) in [6, 6.07) is 3.76. The molecule has 3 nitrogen and oxygen atoms in total. The first-order chi connectivity index (χ1) is 9.99. The van der Waals surface area contributed by atoms with E-state index in [1.807, 2.05) is 11.8 Å². The third-order valence-electron chi connectivity index (χ3n) is 5.09. The largest absolute Gasteiger partial charge is 0.480 e. The number of halogens is 2. The minimum Gasteiger partial charge on any atom is -0.480 e. The maximum absolute atomic E-state index is 13.2. The third kappa shape index (κ3) is 2.55. The van der Waals surface area contributed by atoms with Gasteiger partial charge in [-0.2, -0.15) is 0 Å². The molecule has 1 aromatic rings. The Morgan fingerprint density at radius 1 is 1.48 bits per heavy atom. The summed E-state index contributed by atoms with van der Waals surface area (Å²) in [5.41, 5.74) is 0.796. The van der Waals surface area contributed by atoms with Crippen LogP contribution in [0.15, 0.2) is 18.2 Å². The summed E-state index contributed by atoms with van der Waals surface area (Å²) < 4.78 is 13.2. The van der Waals surface area contributed by atoms with Crippen LogP contribution in [0, 0.1) is 17.7 Å². The monoisotopic (exact) mass is 311 g/mol. The van der Waals surface area contributed by atoms with Crippen molar-refractivity contribution in [2.24, 2.45) is 11.8 Å². The van der Waals surface area contributed by atoms with Crippen molar-refractivity contribution in [3.63, 3.8) is 0 Å². The molecular weight excluding hydrogens is 293 g/mol. The Bertz CT molecular complexity index is 565. The van der Waals surface area contributed by atoms with Crippen molar-refractivity contribution >= 4 is 17.6 Å². The van der Waals surface area contributed by atoms with Gasteiger partial charge in [0.05, 0.1) is 0 Å². The van der Waals surface area contributed by atoms with Crippen molar-refractivity contribution in [1.82, 2.24) is 4.90 Å². The first-order valence-corrected chi connectivity index (χ1v) is 7.80. The Kier molecular flexibility index (Phi) is 3.93. The standard InChI is InChI=1S/C16H19ClFNO2/c1-9(12-6-5-11(18)7-14(12)17)19-8-10-3-2-4-13(10)15(19)16(20)21/h5-7,9-10,13,15H,2-4,8H2,1H3,(H,20,21). The fraction of sp³-hybridized carbons (Fsp3) is 0.562. The summed E-state index contributed by atoms with van der Waals surface area (Å²) in [5, 5.41) is 9.97. The summed E-state index contributed by atoms with van der Waals surface area (Å²) in [4.78, 5) is 13.7. The van der Waals surface area contributed by atoms with E-state index in [1.165, 1.54) is 12.1 Å². The second-order valence-corrected chi connectivity index (χ2v) is 6.58. The van der Waals surface area contributed by atoms with Gasteiger partial charge in [0.1, 0.15) is 11.9 Å². The van der Waals surface area contributed by atoms with Gasteiger partial charge in [-0.05, 0) is 49.3 Å². The van der Waals surface area contributed by atoms with Crippen molar-refractivity contribution in [1.29, 1.82) is 0 Å². The van der Waals surface area contributed by atoms with E-state index in [0.717, 1.165) is 31.4 Å². The van der Waals surface area contributed by atoms with E-state index in [1.54, 1.807) is 6.07 Å². The molecule has 3 rings (SSSR count). The van der Waals surface area contributed by atoms with Crippen LogP contribution >= 0.6 is 11.6 Å². The Morgan fingerprint density at radius 3 is 2.90 bits per heavy atom. The molecule has 1 aliphatic heterocycles. The average Bonchev–Trinajstić information content (AvgIpc) is 2.96. The quantitative estimate of drug-likeness (QED) is 0.924. The number of hydrogen-bond acceptors (Lipinski definition) is 2. The maximum Gasteiger partial charge on any atom is 0.321 e. The molecule has 0 radical (unpaired) electrons. The topological polar surface area (TPSA) is 40.5 Å². The summed E-state index contributed by atoms with van der Waals surface area (Å²) in [5.74, 6) is -0.421. The van der Waals surface area contributed by atoms with Gasteiger partial charge in [0.15, 0.2) is 0 Å². The predicted octanol–water partition coefficient (Wildman–Crippen LogP) is 3.73. The number of nitrogens with zero attached hydrogens (tertiary/aromatic N) is 1. The normalized spacial score (nSPS) is 30.3. The highest BCUT2D eigenvalue weighted by Crippen LogP contribution is 2.45. The lowest BCUT2D eigenvalue weighted by molar-refractivity contribution is -0.144. The lowest BCUT2D eigenvalue weighted by atomic mass is 9.94. The van der Waals surface area contributed by atoms with Gasteiger partial charge < -0.3 is 5.11 Å². The van der Waals surface area contributed by atoms with Crippen LogP contribution in [0.4, 0.5) is 4.39 Å². The Hall–Kier alpha value is -1.13. The van der Waals surface area contributed by atoms with Crippen molar-refractivity contribution in [2.75, 3.05) is 6.54 Å². The van der Waals surface area contributed by atoms with Gasteiger partial charge in [0.2, 0.25) is 0 Å². The van der Waals surface area contributed by atoms with Gasteiger partial charge in [-0.25, -0.2) is 4.39 Å². The van der Waals surface area contributed by atoms with E-state index in [-0.39, 0.29) is 17.8 Å². The number of fused-ring (bicyclic) bond motifs is 1. The zero-order valence-electron chi connectivity index (χ0n) is 11.9. The number of rotatable bonds is 3. The number of likely N-dealkylation sites (tertiary alicyclic amines) is 1. The number of carboxylic acids is 1. The smallest absolute Gasteiger partial charge is 0.321 e. The lowest BCUT2D eigenvalue weighted by Crippen LogP contribution is -2.41. The number of carbonyl (C=O) groups is 1. The molecule has 114 valence electrons. The van der Waals surface area contributed by atoms with Gasteiger partial charge in [-0.3, -0.25) is 9.69 Å². The second kappa shape index (κ2) is 5.58. The first kappa shape index (κ1) is 14.8. The zero-order valence-corrected chi connectivity index (χ0v) is 12.7. The molecular formula is C16H19ClFNO2. The summed E-state index contributed by atoms with van der Waals surface area (Å²) in [7, 11) is 0. The zero-order chi connectivity index (χ0) is 15.1. The Morgan fingerprint density at radius 2 is 2.24 bits per heavy atom. The molecule has 0 spiro atoms. The van der Waals surface area contributed by atoms with Crippen LogP contribution in [0.2, 0.25) is 5.02 Å². The van der Waals surface area contributed by atoms with Crippen LogP contribution in [-0.4, -0.2) is 28.6 Å². The molecule has 0 amide bonds. The average molecular weight is 312 g/mol. The maximum atomic E-state index is 13.2. The van der Waals surface area contributed by atoms with Crippen molar-refractivity contribution in [2.45, 2.75) is 38.3 Å². The summed E-state index contributed by atoms with van der Waals surface area (Å²) in [6.07, 6.45) is 3.22. The fourth-order valence-corrected chi connectivity index (χ4v) is 4.41. The molecule has 4 unspecified atom stereocenters. The molecule has 2 fully saturated rings. The van der Waals surface area contributed by atoms with Gasteiger partial charge >= 0.3 is 5.97 Å². The molecule has 1 aromatic carbocycles. The van der Waals surface area contributed by atoms with E-state index >= 15 is 0 Å². The molecule has 1 heterocycles. The number of carboxylic acid groups (broad SMARTS) is 1. The molecule has 0 aromatic heterocycles. The van der Waals surface area contributed by atoms with Gasteiger partial charge in [0, 0.05) is 17.6 Å². The van der Waals surface area contributed by atoms with Crippen LogP contribution in [0.5, 0.6) is 0 Å². The van der Waals surface area contributed by atoms with Crippen molar-refractivity contribution in [3.05, 3.63) is 34.6 Å². The molecule has 4 atom stereocenters. The number of hydrogen-bond donors (Lipinski definition) is 1. The summed E-state index contributed by atoms with van der Waals surface area (Å²) in [6.45, 7) is 2.74. The first-order valence-electron chi connectivity index (χ1n) is 7.42. The SMILES string of the molecule is CC(c1ccc(F)cc1Cl)N1CC2CCCC2C1C(=O)O. The lowest BCUT2D eigenvalue weighted by Gasteiger charge is -2.31. The molecule has 1 saturated heterocycles. The van der Waals surface area contributed by atoms with Crippen LogP contribution in [0.25, 0.3) is 0 Å².